The van der Waals surface area contributed by atoms with Crippen molar-refractivity contribution in [3.8, 4) is 0 Å². The first-order chi connectivity index (χ1) is 14.7. The molecule has 2 N–H and O–H groups in total. The van der Waals surface area contributed by atoms with E-state index in [1.165, 1.54) is 24.8 Å². The number of aromatic nitrogens is 2. The predicted molar refractivity (Wildman–Crippen MR) is 126 cm³/mol. The first-order valence-electron chi connectivity index (χ1n) is 11.2. The van der Waals surface area contributed by atoms with Gasteiger partial charge in [-0.2, -0.15) is 4.98 Å². The van der Waals surface area contributed by atoms with Crippen LogP contribution < -0.4 is 15.5 Å². The summed E-state index contributed by atoms with van der Waals surface area (Å²) < 4.78 is 0. The van der Waals surface area contributed by atoms with Gasteiger partial charge in [0.2, 0.25) is 5.95 Å². The van der Waals surface area contributed by atoms with Crippen LogP contribution in [0.3, 0.4) is 0 Å². The summed E-state index contributed by atoms with van der Waals surface area (Å²) in [7, 11) is 4.07. The van der Waals surface area contributed by atoms with Crippen LogP contribution in [0.4, 0.5) is 11.8 Å². The fourth-order valence-corrected chi connectivity index (χ4v) is 4.33. The van der Waals surface area contributed by atoms with E-state index in [9.17, 15) is 0 Å². The Labute approximate surface area is 179 Å². The summed E-state index contributed by atoms with van der Waals surface area (Å²) in [5, 5.41) is 8.45. The summed E-state index contributed by atoms with van der Waals surface area (Å²) in [5.41, 5.74) is 2.42. The highest BCUT2D eigenvalue weighted by Crippen LogP contribution is 2.26. The van der Waals surface area contributed by atoms with E-state index >= 15 is 0 Å². The monoisotopic (exact) mass is 403 g/mol. The molecule has 1 heterocycles. The fraction of sp³-hybridized carbons (Fsp3) is 0.440. The Bertz CT molecular complexity index is 933. The molecule has 4 rings (SSSR count). The second-order valence-electron chi connectivity index (χ2n) is 8.52. The van der Waals surface area contributed by atoms with Crippen molar-refractivity contribution in [1.82, 2.24) is 15.3 Å². The molecule has 0 unspecified atom stereocenters. The van der Waals surface area contributed by atoms with E-state index in [0.717, 1.165) is 48.5 Å². The van der Waals surface area contributed by atoms with E-state index in [1.54, 1.807) is 0 Å². The predicted octanol–water partition coefficient (Wildman–Crippen LogP) is 4.64. The molecule has 0 saturated heterocycles. The summed E-state index contributed by atoms with van der Waals surface area (Å²) in [5.74, 6) is 1.72. The normalized spacial score (nSPS) is 19.0. The van der Waals surface area contributed by atoms with Gasteiger partial charge in [0.1, 0.15) is 5.82 Å². The molecule has 158 valence electrons. The lowest BCUT2D eigenvalue weighted by Crippen LogP contribution is -2.37. The van der Waals surface area contributed by atoms with Gasteiger partial charge in [-0.05, 0) is 62.8 Å². The Morgan fingerprint density at radius 2 is 1.57 bits per heavy atom. The smallest absolute Gasteiger partial charge is 0.225 e. The number of hydrogen-bond acceptors (Lipinski definition) is 5. The molecule has 0 bridgehead atoms. The highest BCUT2D eigenvalue weighted by Gasteiger charge is 2.21. The first-order valence-corrected chi connectivity index (χ1v) is 11.2. The zero-order valence-electron chi connectivity index (χ0n) is 18.1. The molecule has 0 aliphatic heterocycles. The Balaban J connectivity index is 1.26. The number of benzene rings is 2. The van der Waals surface area contributed by atoms with E-state index in [1.807, 2.05) is 26.2 Å². The summed E-state index contributed by atoms with van der Waals surface area (Å²) >= 11 is 0. The molecule has 1 aromatic heterocycles. The second kappa shape index (κ2) is 9.90. The fourth-order valence-electron chi connectivity index (χ4n) is 4.33. The summed E-state index contributed by atoms with van der Waals surface area (Å²) in [6.45, 7) is 1.09. The second-order valence-corrected chi connectivity index (χ2v) is 8.52. The molecule has 0 amide bonds. The number of fused-ring (bicyclic) bond motifs is 1. The van der Waals surface area contributed by atoms with Crippen LogP contribution in [0, 0.1) is 0 Å². The van der Waals surface area contributed by atoms with Gasteiger partial charge in [0.25, 0.3) is 0 Å². The maximum absolute atomic E-state index is 4.79. The quantitative estimate of drug-likeness (QED) is 0.537. The molecule has 0 spiro atoms. The first kappa shape index (κ1) is 20.6. The van der Waals surface area contributed by atoms with Crippen molar-refractivity contribution in [3.05, 3.63) is 60.2 Å². The highest BCUT2D eigenvalue weighted by molar-refractivity contribution is 5.90. The molecule has 2 aromatic carbocycles. The van der Waals surface area contributed by atoms with Crippen LogP contribution in [0.1, 0.15) is 37.7 Å². The third kappa shape index (κ3) is 5.28. The zero-order valence-corrected chi connectivity index (χ0v) is 18.1. The van der Waals surface area contributed by atoms with E-state index in [-0.39, 0.29) is 0 Å². The lowest BCUT2D eigenvalue weighted by molar-refractivity contribution is 0.352. The number of nitrogens with zero attached hydrogens (tertiary/aromatic N) is 3. The molecule has 1 aliphatic rings. The Kier molecular flexibility index (Phi) is 6.80. The molecule has 5 heteroatoms. The van der Waals surface area contributed by atoms with Crippen LogP contribution in [0.5, 0.6) is 0 Å². The van der Waals surface area contributed by atoms with E-state index < -0.39 is 0 Å². The topological polar surface area (TPSA) is 53.1 Å². The summed E-state index contributed by atoms with van der Waals surface area (Å²) in [6, 6.07) is 20.1. The van der Waals surface area contributed by atoms with Gasteiger partial charge in [0, 0.05) is 31.6 Å². The van der Waals surface area contributed by atoms with Crippen molar-refractivity contribution in [1.29, 1.82) is 0 Å². The lowest BCUT2D eigenvalue weighted by atomic mass is 9.91. The minimum absolute atomic E-state index is 0.448. The van der Waals surface area contributed by atoms with Crippen LogP contribution in [0.25, 0.3) is 10.9 Å². The van der Waals surface area contributed by atoms with E-state index in [2.05, 4.69) is 58.0 Å². The van der Waals surface area contributed by atoms with Gasteiger partial charge in [-0.15, -0.1) is 0 Å². The Morgan fingerprint density at radius 1 is 0.867 bits per heavy atom. The van der Waals surface area contributed by atoms with E-state index in [0.29, 0.717) is 12.1 Å². The maximum Gasteiger partial charge on any atom is 0.225 e. The highest BCUT2D eigenvalue weighted by atomic mass is 15.2. The number of anilines is 2. The van der Waals surface area contributed by atoms with Gasteiger partial charge in [0.05, 0.1) is 5.52 Å². The summed E-state index contributed by atoms with van der Waals surface area (Å²) in [4.78, 5) is 11.6. The van der Waals surface area contributed by atoms with Crippen LogP contribution in [0.2, 0.25) is 0 Å². The minimum atomic E-state index is 0.448. The average molecular weight is 404 g/mol. The van der Waals surface area contributed by atoms with Crippen LogP contribution in [0.15, 0.2) is 54.6 Å². The molecule has 1 saturated carbocycles. The van der Waals surface area contributed by atoms with Crippen molar-refractivity contribution < 1.29 is 0 Å². The van der Waals surface area contributed by atoms with Crippen LogP contribution >= 0.6 is 0 Å². The van der Waals surface area contributed by atoms with Crippen molar-refractivity contribution >= 4 is 22.7 Å². The molecule has 0 radical (unpaired) electrons. The molecule has 1 aliphatic carbocycles. The molecular weight excluding hydrogens is 370 g/mol. The van der Waals surface area contributed by atoms with Gasteiger partial charge in [0.15, 0.2) is 0 Å². The molecule has 1 fully saturated rings. The zero-order chi connectivity index (χ0) is 20.8. The molecule has 0 atom stereocenters. The SMILES string of the molecule is CN(C)c1nc(N[C@H]2CC[C@@H](NCCCc3ccccc3)CC2)nc2ccccc12. The standard InChI is InChI=1S/C25H33N5/c1-30(2)24-22-12-6-7-13-23(22)28-25(29-24)27-21-16-14-20(15-17-21)26-18-8-11-19-9-4-3-5-10-19/h3-7,9-10,12-13,20-21,26H,8,11,14-18H2,1-2H3,(H,27,28,29)/t20-,21+. The third-order valence-electron chi connectivity index (χ3n) is 5.99. The van der Waals surface area contributed by atoms with Crippen molar-refractivity contribution in [2.75, 3.05) is 30.9 Å². The number of para-hydroxylation sites is 1. The van der Waals surface area contributed by atoms with Crippen molar-refractivity contribution in [2.45, 2.75) is 50.6 Å². The van der Waals surface area contributed by atoms with Gasteiger partial charge in [-0.1, -0.05) is 42.5 Å². The van der Waals surface area contributed by atoms with E-state index in [4.69, 9.17) is 9.97 Å². The van der Waals surface area contributed by atoms with Crippen molar-refractivity contribution in [3.63, 3.8) is 0 Å². The maximum atomic E-state index is 4.79. The van der Waals surface area contributed by atoms with Crippen LogP contribution in [-0.4, -0.2) is 42.7 Å². The number of rotatable bonds is 8. The largest absolute Gasteiger partial charge is 0.362 e. The van der Waals surface area contributed by atoms with Gasteiger partial charge in [-0.3, -0.25) is 0 Å². The lowest BCUT2D eigenvalue weighted by Gasteiger charge is -2.30. The Morgan fingerprint density at radius 3 is 2.33 bits per heavy atom. The molecule has 3 aromatic rings. The minimum Gasteiger partial charge on any atom is -0.362 e. The number of aryl methyl sites for hydroxylation is 1. The molecule has 30 heavy (non-hydrogen) atoms. The van der Waals surface area contributed by atoms with Gasteiger partial charge in [-0.25, -0.2) is 4.98 Å². The third-order valence-corrected chi connectivity index (χ3v) is 5.99. The van der Waals surface area contributed by atoms with Crippen LogP contribution in [-0.2, 0) is 6.42 Å². The summed E-state index contributed by atoms with van der Waals surface area (Å²) in [6.07, 6.45) is 7.07. The average Bonchev–Trinajstić information content (AvgIpc) is 2.78. The number of nitrogens with one attached hydrogen (secondary N) is 2. The van der Waals surface area contributed by atoms with Gasteiger partial charge >= 0.3 is 0 Å². The molecule has 5 nitrogen and oxygen atoms in total. The molecular formula is C25H33N5. The van der Waals surface area contributed by atoms with Gasteiger partial charge < -0.3 is 15.5 Å². The Hall–Kier alpha value is -2.66. The van der Waals surface area contributed by atoms with Crippen molar-refractivity contribution in [2.24, 2.45) is 0 Å². The number of hydrogen-bond donors (Lipinski definition) is 2.